The number of ether oxygens (including phenoxy) is 2. The fourth-order valence-corrected chi connectivity index (χ4v) is 2.52. The molecule has 2 aromatic rings. The molecule has 3 rings (SSSR count). The number of nitrogens with zero attached hydrogens (tertiary/aromatic N) is 1. The second kappa shape index (κ2) is 6.01. The topological polar surface area (TPSA) is 35.4 Å². The fraction of sp³-hybridized carbons (Fsp3) is 0.375. The van der Waals surface area contributed by atoms with Crippen LogP contribution in [-0.2, 0) is 19.6 Å². The number of hydrogen-bond donors (Lipinski definition) is 1. The van der Waals surface area contributed by atoms with Gasteiger partial charge >= 0.3 is 0 Å². The van der Waals surface area contributed by atoms with Gasteiger partial charge in [-0.05, 0) is 24.6 Å². The van der Waals surface area contributed by atoms with Crippen LogP contribution in [0.3, 0.4) is 0 Å². The standard InChI is InChI=1S/C16H20N2O2/c1-2-8-18-9-4-6-14(18)11-17-10-13-5-3-7-15-16(13)20-12-19-15/h3-7,9,17H,2,8,10-12H2,1H3. The van der Waals surface area contributed by atoms with Gasteiger partial charge < -0.3 is 19.4 Å². The average molecular weight is 272 g/mol. The molecule has 1 aliphatic rings. The number of aryl methyl sites for hydroxylation is 1. The molecule has 0 fully saturated rings. The van der Waals surface area contributed by atoms with Gasteiger partial charge in [0.15, 0.2) is 11.5 Å². The molecule has 0 saturated carbocycles. The molecule has 0 bridgehead atoms. The first-order chi connectivity index (χ1) is 9.88. The Morgan fingerprint density at radius 2 is 2.10 bits per heavy atom. The molecule has 0 unspecified atom stereocenters. The molecule has 0 radical (unpaired) electrons. The van der Waals surface area contributed by atoms with E-state index in [1.54, 1.807) is 0 Å². The number of nitrogens with one attached hydrogen (secondary N) is 1. The second-order valence-electron chi connectivity index (χ2n) is 4.95. The Morgan fingerprint density at radius 3 is 3.00 bits per heavy atom. The molecular formula is C16H20N2O2. The molecule has 4 heteroatoms. The molecule has 20 heavy (non-hydrogen) atoms. The van der Waals surface area contributed by atoms with Crippen molar-refractivity contribution in [1.29, 1.82) is 0 Å². The van der Waals surface area contributed by atoms with Gasteiger partial charge in [0.2, 0.25) is 6.79 Å². The van der Waals surface area contributed by atoms with Crippen LogP contribution in [0.15, 0.2) is 36.5 Å². The maximum atomic E-state index is 5.51. The van der Waals surface area contributed by atoms with Crippen molar-refractivity contribution in [2.75, 3.05) is 6.79 Å². The summed E-state index contributed by atoms with van der Waals surface area (Å²) in [4.78, 5) is 0. The van der Waals surface area contributed by atoms with Gasteiger partial charge in [-0.3, -0.25) is 0 Å². The minimum Gasteiger partial charge on any atom is -0.454 e. The van der Waals surface area contributed by atoms with Crippen LogP contribution in [0, 0.1) is 0 Å². The number of para-hydroxylation sites is 1. The number of rotatable bonds is 6. The average Bonchev–Trinajstić information content (AvgIpc) is 3.09. The van der Waals surface area contributed by atoms with E-state index in [0.717, 1.165) is 43.1 Å². The van der Waals surface area contributed by atoms with E-state index in [1.807, 2.05) is 12.1 Å². The first kappa shape index (κ1) is 13.1. The zero-order valence-electron chi connectivity index (χ0n) is 11.8. The Labute approximate surface area is 119 Å². The summed E-state index contributed by atoms with van der Waals surface area (Å²) in [7, 11) is 0. The van der Waals surface area contributed by atoms with Gasteiger partial charge in [-0.2, -0.15) is 0 Å². The fourth-order valence-electron chi connectivity index (χ4n) is 2.52. The van der Waals surface area contributed by atoms with Gasteiger partial charge in [0.25, 0.3) is 0 Å². The lowest BCUT2D eigenvalue weighted by molar-refractivity contribution is 0.173. The van der Waals surface area contributed by atoms with Crippen molar-refractivity contribution >= 4 is 0 Å². The summed E-state index contributed by atoms with van der Waals surface area (Å²) >= 11 is 0. The predicted octanol–water partition coefficient (Wildman–Crippen LogP) is 2.92. The van der Waals surface area contributed by atoms with Crippen LogP contribution < -0.4 is 14.8 Å². The maximum absolute atomic E-state index is 5.51. The molecule has 106 valence electrons. The smallest absolute Gasteiger partial charge is 0.231 e. The lowest BCUT2D eigenvalue weighted by Gasteiger charge is -2.10. The molecule has 0 spiro atoms. The van der Waals surface area contributed by atoms with E-state index >= 15 is 0 Å². The normalized spacial score (nSPS) is 12.8. The van der Waals surface area contributed by atoms with E-state index in [-0.39, 0.29) is 0 Å². The molecule has 1 aliphatic heterocycles. The van der Waals surface area contributed by atoms with Crippen LogP contribution in [0.1, 0.15) is 24.6 Å². The van der Waals surface area contributed by atoms with Crippen molar-refractivity contribution in [2.45, 2.75) is 33.0 Å². The van der Waals surface area contributed by atoms with Crippen LogP contribution in [0.5, 0.6) is 11.5 Å². The number of fused-ring (bicyclic) bond motifs is 1. The van der Waals surface area contributed by atoms with Crippen LogP contribution >= 0.6 is 0 Å². The quantitative estimate of drug-likeness (QED) is 0.878. The highest BCUT2D eigenvalue weighted by Gasteiger charge is 2.16. The maximum Gasteiger partial charge on any atom is 0.231 e. The third kappa shape index (κ3) is 2.65. The molecule has 4 nitrogen and oxygen atoms in total. The molecule has 0 atom stereocenters. The van der Waals surface area contributed by atoms with E-state index in [4.69, 9.17) is 9.47 Å². The zero-order valence-corrected chi connectivity index (χ0v) is 11.8. The summed E-state index contributed by atoms with van der Waals surface area (Å²) in [5, 5.41) is 3.48. The number of aromatic nitrogens is 1. The van der Waals surface area contributed by atoms with Crippen molar-refractivity contribution in [3.63, 3.8) is 0 Å². The summed E-state index contributed by atoms with van der Waals surface area (Å²) in [6, 6.07) is 10.3. The molecule has 1 N–H and O–H groups in total. The highest BCUT2D eigenvalue weighted by molar-refractivity contribution is 5.48. The third-order valence-electron chi connectivity index (χ3n) is 3.49. The third-order valence-corrected chi connectivity index (χ3v) is 3.49. The van der Waals surface area contributed by atoms with Crippen LogP contribution in [-0.4, -0.2) is 11.4 Å². The van der Waals surface area contributed by atoms with Crippen LogP contribution in [0.4, 0.5) is 0 Å². The van der Waals surface area contributed by atoms with Gasteiger partial charge in [-0.25, -0.2) is 0 Å². The minimum atomic E-state index is 0.325. The summed E-state index contributed by atoms with van der Waals surface area (Å²) in [5.41, 5.74) is 2.46. The molecule has 0 saturated heterocycles. The highest BCUT2D eigenvalue weighted by atomic mass is 16.7. The number of benzene rings is 1. The second-order valence-corrected chi connectivity index (χ2v) is 4.95. The van der Waals surface area contributed by atoms with E-state index in [9.17, 15) is 0 Å². The van der Waals surface area contributed by atoms with Crippen molar-refractivity contribution in [3.05, 3.63) is 47.8 Å². The zero-order chi connectivity index (χ0) is 13.8. The van der Waals surface area contributed by atoms with Gasteiger partial charge in [-0.15, -0.1) is 0 Å². The highest BCUT2D eigenvalue weighted by Crippen LogP contribution is 2.35. The lowest BCUT2D eigenvalue weighted by Crippen LogP contribution is -2.16. The summed E-state index contributed by atoms with van der Waals surface area (Å²) in [6.07, 6.45) is 3.29. The molecule has 1 aromatic carbocycles. The Morgan fingerprint density at radius 1 is 1.15 bits per heavy atom. The van der Waals surface area contributed by atoms with Gasteiger partial charge in [0.1, 0.15) is 0 Å². The molecule has 0 aliphatic carbocycles. The van der Waals surface area contributed by atoms with Crippen molar-refractivity contribution < 1.29 is 9.47 Å². The lowest BCUT2D eigenvalue weighted by atomic mass is 10.2. The predicted molar refractivity (Wildman–Crippen MR) is 77.8 cm³/mol. The van der Waals surface area contributed by atoms with E-state index in [2.05, 4.69) is 41.2 Å². The number of hydrogen-bond acceptors (Lipinski definition) is 3. The first-order valence-corrected chi connectivity index (χ1v) is 7.10. The SMILES string of the molecule is CCCn1cccc1CNCc1cccc2c1OCO2. The minimum absolute atomic E-state index is 0.325. The summed E-state index contributed by atoms with van der Waals surface area (Å²) in [6.45, 7) is 5.23. The van der Waals surface area contributed by atoms with Crippen LogP contribution in [0.2, 0.25) is 0 Å². The van der Waals surface area contributed by atoms with Gasteiger partial charge in [-0.1, -0.05) is 19.1 Å². The Balaban J connectivity index is 1.60. The largest absolute Gasteiger partial charge is 0.454 e. The van der Waals surface area contributed by atoms with E-state index in [1.165, 1.54) is 5.69 Å². The monoisotopic (exact) mass is 272 g/mol. The van der Waals surface area contributed by atoms with Gasteiger partial charge in [0, 0.05) is 37.1 Å². The molecular weight excluding hydrogens is 252 g/mol. The molecule has 1 aromatic heterocycles. The van der Waals surface area contributed by atoms with Crippen molar-refractivity contribution in [3.8, 4) is 11.5 Å². The van der Waals surface area contributed by atoms with Gasteiger partial charge in [0.05, 0.1) is 0 Å². The Kier molecular flexibility index (Phi) is 3.92. The summed E-state index contributed by atoms with van der Waals surface area (Å²) < 4.78 is 13.2. The van der Waals surface area contributed by atoms with E-state index in [0.29, 0.717) is 6.79 Å². The van der Waals surface area contributed by atoms with E-state index < -0.39 is 0 Å². The van der Waals surface area contributed by atoms with Crippen LogP contribution in [0.25, 0.3) is 0 Å². The Hall–Kier alpha value is -1.94. The molecule has 0 amide bonds. The Bertz CT molecular complexity index is 578. The molecule has 2 heterocycles. The summed E-state index contributed by atoms with van der Waals surface area (Å²) in [5.74, 6) is 1.72. The first-order valence-electron chi connectivity index (χ1n) is 7.10. The van der Waals surface area contributed by atoms with Crippen molar-refractivity contribution in [2.24, 2.45) is 0 Å². The van der Waals surface area contributed by atoms with Crippen molar-refractivity contribution in [1.82, 2.24) is 9.88 Å².